The summed E-state index contributed by atoms with van der Waals surface area (Å²) in [7, 11) is 0. The van der Waals surface area contributed by atoms with Gasteiger partial charge in [-0.15, -0.1) is 0 Å². The molecule has 27 heavy (non-hydrogen) atoms. The number of thiazole rings is 1. The number of rotatable bonds is 4. The molecule has 0 N–H and O–H groups in total. The molecule has 0 spiro atoms. The Morgan fingerprint density at radius 2 is 1.74 bits per heavy atom. The molecule has 0 fully saturated rings. The minimum atomic E-state index is -0.390. The molecule has 5 nitrogen and oxygen atoms in total. The summed E-state index contributed by atoms with van der Waals surface area (Å²) < 4.78 is 1.74. The Morgan fingerprint density at radius 1 is 1.00 bits per heavy atom. The lowest BCUT2D eigenvalue weighted by Gasteiger charge is -1.99. The summed E-state index contributed by atoms with van der Waals surface area (Å²) in [6.07, 6.45) is 3.13. The van der Waals surface area contributed by atoms with E-state index < -0.39 is 0 Å². The van der Waals surface area contributed by atoms with Crippen molar-refractivity contribution >= 4 is 22.4 Å². The van der Waals surface area contributed by atoms with Crippen molar-refractivity contribution in [3.05, 3.63) is 102 Å². The maximum absolute atomic E-state index is 12.7. The number of aromatic nitrogens is 3. The van der Waals surface area contributed by atoms with Crippen LogP contribution in [0.5, 0.6) is 0 Å². The molecule has 2 aromatic carbocycles. The van der Waals surface area contributed by atoms with Gasteiger partial charge in [0.25, 0.3) is 11.1 Å². The Morgan fingerprint density at radius 3 is 2.44 bits per heavy atom. The van der Waals surface area contributed by atoms with Crippen molar-refractivity contribution < 1.29 is 0 Å². The van der Waals surface area contributed by atoms with Crippen LogP contribution in [0.3, 0.4) is 0 Å². The molecule has 2 heterocycles. The van der Waals surface area contributed by atoms with Gasteiger partial charge in [0, 0.05) is 6.42 Å². The van der Waals surface area contributed by atoms with Crippen molar-refractivity contribution in [2.24, 2.45) is 0 Å². The van der Waals surface area contributed by atoms with E-state index in [-0.39, 0.29) is 16.8 Å². The van der Waals surface area contributed by atoms with Gasteiger partial charge in [-0.2, -0.15) is 14.6 Å². The molecule has 0 amide bonds. The molecular formula is C21H17N3O2S. The van der Waals surface area contributed by atoms with E-state index in [2.05, 4.69) is 17.0 Å². The average molecular weight is 375 g/mol. The molecule has 0 aliphatic heterocycles. The van der Waals surface area contributed by atoms with Crippen molar-refractivity contribution in [2.45, 2.75) is 19.8 Å². The largest absolute Gasteiger partial charge is 0.296 e. The highest BCUT2D eigenvalue weighted by atomic mass is 32.1. The molecule has 0 saturated carbocycles. The molecule has 0 bridgehead atoms. The maximum atomic E-state index is 12.7. The van der Waals surface area contributed by atoms with Crippen LogP contribution < -0.4 is 15.7 Å². The molecule has 134 valence electrons. The van der Waals surface area contributed by atoms with E-state index in [0.29, 0.717) is 15.9 Å². The van der Waals surface area contributed by atoms with Crippen molar-refractivity contribution in [3.63, 3.8) is 0 Å². The standard InChI is InChI=1S/C21H17N3O2S/c1-2-14-8-10-16(11-9-14)13-18-20(26)24-21(27-18)22-19(25)17(23-24)12-15-6-4-3-5-7-15/h3-11,13H,2,12H2,1H3. The maximum Gasteiger partial charge on any atom is 0.296 e. The monoisotopic (exact) mass is 375 g/mol. The first-order chi connectivity index (χ1) is 13.1. The van der Waals surface area contributed by atoms with Gasteiger partial charge in [-0.1, -0.05) is 72.9 Å². The molecule has 0 radical (unpaired) electrons. The number of hydrogen-bond donors (Lipinski definition) is 0. The van der Waals surface area contributed by atoms with E-state index in [4.69, 9.17) is 0 Å². The fraction of sp³-hybridized carbons (Fsp3) is 0.143. The van der Waals surface area contributed by atoms with E-state index in [0.717, 1.165) is 17.5 Å². The highest BCUT2D eigenvalue weighted by Crippen LogP contribution is 2.07. The van der Waals surface area contributed by atoms with E-state index in [9.17, 15) is 9.59 Å². The van der Waals surface area contributed by atoms with Crippen molar-refractivity contribution in [2.75, 3.05) is 0 Å². The third kappa shape index (κ3) is 3.57. The first-order valence-electron chi connectivity index (χ1n) is 8.71. The average Bonchev–Trinajstić information content (AvgIpc) is 2.98. The summed E-state index contributed by atoms with van der Waals surface area (Å²) in [5.41, 5.74) is 2.76. The van der Waals surface area contributed by atoms with Gasteiger partial charge in [0.15, 0.2) is 0 Å². The van der Waals surface area contributed by atoms with Gasteiger partial charge in [0.05, 0.1) is 4.53 Å². The van der Waals surface area contributed by atoms with Crippen LogP contribution in [-0.4, -0.2) is 14.6 Å². The molecule has 2 aromatic heterocycles. The highest BCUT2D eigenvalue weighted by molar-refractivity contribution is 7.15. The summed E-state index contributed by atoms with van der Waals surface area (Å²) in [6.45, 7) is 2.10. The Bertz CT molecular complexity index is 1260. The normalized spacial score (nSPS) is 12.0. The van der Waals surface area contributed by atoms with Gasteiger partial charge < -0.3 is 0 Å². The van der Waals surface area contributed by atoms with Gasteiger partial charge in [0.2, 0.25) is 4.96 Å². The summed E-state index contributed by atoms with van der Waals surface area (Å²) in [6, 6.07) is 17.6. The highest BCUT2D eigenvalue weighted by Gasteiger charge is 2.11. The fourth-order valence-electron chi connectivity index (χ4n) is 2.84. The number of benzene rings is 2. The van der Waals surface area contributed by atoms with Crippen LogP contribution >= 0.6 is 11.3 Å². The number of nitrogens with zero attached hydrogens (tertiary/aromatic N) is 3. The van der Waals surface area contributed by atoms with Gasteiger partial charge in [0.1, 0.15) is 5.69 Å². The third-order valence-corrected chi connectivity index (χ3v) is 5.31. The SMILES string of the molecule is CCc1ccc(C=c2sc3nc(=O)c(Cc4ccccc4)nn3c2=O)cc1. The Hall–Kier alpha value is -3.12. The lowest BCUT2D eigenvalue weighted by molar-refractivity contribution is 0.811. The summed E-state index contributed by atoms with van der Waals surface area (Å²) in [5, 5.41) is 4.28. The van der Waals surface area contributed by atoms with Crippen LogP contribution in [-0.2, 0) is 12.8 Å². The van der Waals surface area contributed by atoms with Crippen molar-refractivity contribution in [1.29, 1.82) is 0 Å². The van der Waals surface area contributed by atoms with Gasteiger partial charge >= 0.3 is 0 Å². The minimum absolute atomic E-state index is 0.253. The Kier molecular flexibility index (Phi) is 4.64. The van der Waals surface area contributed by atoms with Crippen molar-refractivity contribution in [3.8, 4) is 0 Å². The Balaban J connectivity index is 1.78. The van der Waals surface area contributed by atoms with E-state index >= 15 is 0 Å². The van der Waals surface area contributed by atoms with Crippen LogP contribution in [0.25, 0.3) is 11.0 Å². The number of aryl methyl sites for hydroxylation is 1. The van der Waals surface area contributed by atoms with Crippen LogP contribution in [0, 0.1) is 0 Å². The molecule has 0 atom stereocenters. The van der Waals surface area contributed by atoms with Crippen molar-refractivity contribution in [1.82, 2.24) is 14.6 Å². The molecule has 4 aromatic rings. The molecule has 0 aliphatic rings. The summed E-state index contributed by atoms with van der Waals surface area (Å²) >= 11 is 1.18. The van der Waals surface area contributed by atoms with Crippen LogP contribution in [0.4, 0.5) is 0 Å². The zero-order valence-electron chi connectivity index (χ0n) is 14.8. The third-order valence-electron chi connectivity index (χ3n) is 4.35. The zero-order chi connectivity index (χ0) is 18.8. The van der Waals surface area contributed by atoms with E-state index in [1.54, 1.807) is 0 Å². The molecule has 0 aliphatic carbocycles. The molecule has 6 heteroatoms. The molecule has 0 unspecified atom stereocenters. The van der Waals surface area contributed by atoms with Crippen LogP contribution in [0.1, 0.15) is 29.3 Å². The predicted molar refractivity (Wildman–Crippen MR) is 107 cm³/mol. The van der Waals surface area contributed by atoms with E-state index in [1.165, 1.54) is 21.4 Å². The lowest BCUT2D eigenvalue weighted by atomic mass is 10.1. The topological polar surface area (TPSA) is 64.3 Å². The number of fused-ring (bicyclic) bond motifs is 1. The fourth-order valence-corrected chi connectivity index (χ4v) is 3.75. The van der Waals surface area contributed by atoms with Crippen LogP contribution in [0.15, 0.2) is 64.2 Å². The summed E-state index contributed by atoms with van der Waals surface area (Å²) in [5.74, 6) is 0. The smallest absolute Gasteiger partial charge is 0.266 e. The second-order valence-electron chi connectivity index (χ2n) is 6.23. The second kappa shape index (κ2) is 7.25. The first kappa shape index (κ1) is 17.3. The predicted octanol–water partition coefficient (Wildman–Crippen LogP) is 2.21. The van der Waals surface area contributed by atoms with Gasteiger partial charge in [-0.3, -0.25) is 9.59 Å². The van der Waals surface area contributed by atoms with E-state index in [1.807, 2.05) is 60.7 Å². The molecule has 4 rings (SSSR count). The first-order valence-corrected chi connectivity index (χ1v) is 9.53. The Labute approximate surface area is 159 Å². The molecular weight excluding hydrogens is 358 g/mol. The zero-order valence-corrected chi connectivity index (χ0v) is 15.6. The summed E-state index contributed by atoms with van der Waals surface area (Å²) in [4.78, 5) is 29.4. The van der Waals surface area contributed by atoms with Gasteiger partial charge in [-0.05, 0) is 29.2 Å². The lowest BCUT2D eigenvalue weighted by Crippen LogP contribution is -2.28. The number of hydrogen-bond acceptors (Lipinski definition) is 5. The molecule has 0 saturated heterocycles. The van der Waals surface area contributed by atoms with Gasteiger partial charge in [-0.25, -0.2) is 0 Å². The quantitative estimate of drug-likeness (QED) is 0.549. The van der Waals surface area contributed by atoms with Crippen LogP contribution in [0.2, 0.25) is 0 Å². The minimum Gasteiger partial charge on any atom is -0.266 e. The second-order valence-corrected chi connectivity index (χ2v) is 7.24.